The molecule has 0 heterocycles. The molecule has 146 valence electrons. The van der Waals surface area contributed by atoms with E-state index >= 15 is 0 Å². The number of benzene rings is 2. The molecule has 2 N–H and O–H groups in total. The van der Waals surface area contributed by atoms with Crippen LogP contribution in [-0.4, -0.2) is 24.2 Å². The lowest BCUT2D eigenvalue weighted by Gasteiger charge is -2.17. The number of amides is 1. The van der Waals surface area contributed by atoms with Gasteiger partial charge in [0, 0.05) is 5.69 Å². The van der Waals surface area contributed by atoms with Gasteiger partial charge in [0.2, 0.25) is 0 Å². The topological polar surface area (TPSA) is 91.6 Å². The highest BCUT2D eigenvalue weighted by atomic mass is 79.9. The molecule has 1 amide bonds. The van der Waals surface area contributed by atoms with E-state index in [1.165, 1.54) is 25.3 Å². The molecule has 6 nitrogen and oxygen atoms in total. The zero-order valence-corrected chi connectivity index (χ0v) is 17.4. The summed E-state index contributed by atoms with van der Waals surface area (Å²) in [5.74, 6) is 0.604. The zero-order chi connectivity index (χ0) is 20.7. The molecule has 0 aliphatic heterocycles. The molecule has 1 atom stereocenters. The lowest BCUT2D eigenvalue weighted by molar-refractivity contribution is -0.112. The van der Waals surface area contributed by atoms with Gasteiger partial charge in [-0.3, -0.25) is 4.79 Å². The number of aromatic hydroxyl groups is 1. The Morgan fingerprint density at radius 3 is 2.61 bits per heavy atom. The first-order valence-electron chi connectivity index (χ1n) is 8.64. The van der Waals surface area contributed by atoms with Gasteiger partial charge in [-0.1, -0.05) is 6.92 Å². The lowest BCUT2D eigenvalue weighted by Crippen LogP contribution is -2.13. The number of carbonyl (C=O) groups excluding carboxylic acids is 1. The lowest BCUT2D eigenvalue weighted by atomic mass is 10.1. The van der Waals surface area contributed by atoms with Crippen LogP contribution < -0.4 is 14.8 Å². The summed E-state index contributed by atoms with van der Waals surface area (Å²) in [5, 5.41) is 21.3. The number of hydrogen-bond donors (Lipinski definition) is 2. The number of ether oxygens (including phenoxy) is 2. The molecule has 0 saturated carbocycles. The minimum Gasteiger partial charge on any atom is -0.508 e. The van der Waals surface area contributed by atoms with Gasteiger partial charge in [-0.05, 0) is 77.3 Å². The first-order valence-corrected chi connectivity index (χ1v) is 9.43. The Labute approximate surface area is 172 Å². The highest BCUT2D eigenvalue weighted by molar-refractivity contribution is 9.10. The van der Waals surface area contributed by atoms with Crippen molar-refractivity contribution in [2.24, 2.45) is 0 Å². The SMILES string of the molecule is CC[C@H](C)Oc1c(Br)cc(/C=C(/C#N)C(=O)Nc2ccc(O)cc2)cc1OC. The van der Waals surface area contributed by atoms with E-state index in [0.29, 0.717) is 27.2 Å². The second-order valence-electron chi connectivity index (χ2n) is 6.04. The molecular weight excluding hydrogens is 424 g/mol. The molecule has 0 bridgehead atoms. The summed E-state index contributed by atoms with van der Waals surface area (Å²) in [6, 6.07) is 11.3. The maximum Gasteiger partial charge on any atom is 0.266 e. The summed E-state index contributed by atoms with van der Waals surface area (Å²) in [6.07, 6.45) is 2.32. The average molecular weight is 445 g/mol. The predicted octanol–water partition coefficient (Wildman–Crippen LogP) is 4.89. The van der Waals surface area contributed by atoms with Crippen molar-refractivity contribution in [3.63, 3.8) is 0 Å². The third-order valence-electron chi connectivity index (χ3n) is 3.95. The Hall–Kier alpha value is -2.98. The summed E-state index contributed by atoms with van der Waals surface area (Å²) in [6.45, 7) is 3.98. The Kier molecular flexibility index (Phi) is 7.47. The molecule has 0 saturated heterocycles. The average Bonchev–Trinajstić information content (AvgIpc) is 2.69. The monoisotopic (exact) mass is 444 g/mol. The summed E-state index contributed by atoms with van der Waals surface area (Å²) >= 11 is 3.46. The molecule has 7 heteroatoms. The fourth-order valence-electron chi connectivity index (χ4n) is 2.28. The van der Waals surface area contributed by atoms with E-state index in [1.54, 1.807) is 24.3 Å². The molecule has 28 heavy (non-hydrogen) atoms. The van der Waals surface area contributed by atoms with Crippen molar-refractivity contribution < 1.29 is 19.4 Å². The Balaban J connectivity index is 2.30. The maximum atomic E-state index is 12.4. The van der Waals surface area contributed by atoms with Crippen LogP contribution in [0.4, 0.5) is 5.69 Å². The minimum absolute atomic E-state index is 0.0114. The third kappa shape index (κ3) is 5.51. The van der Waals surface area contributed by atoms with Crippen molar-refractivity contribution in [3.05, 3.63) is 52.0 Å². The van der Waals surface area contributed by atoms with Crippen LogP contribution in [0, 0.1) is 11.3 Å². The van der Waals surface area contributed by atoms with Gasteiger partial charge in [0.1, 0.15) is 17.4 Å². The van der Waals surface area contributed by atoms with Crippen molar-refractivity contribution in [1.29, 1.82) is 5.26 Å². The molecule has 0 aliphatic carbocycles. The quantitative estimate of drug-likeness (QED) is 0.360. The summed E-state index contributed by atoms with van der Waals surface area (Å²) < 4.78 is 11.9. The van der Waals surface area contributed by atoms with E-state index in [0.717, 1.165) is 6.42 Å². The minimum atomic E-state index is -0.553. The van der Waals surface area contributed by atoms with Crippen molar-refractivity contribution in [2.45, 2.75) is 26.4 Å². The zero-order valence-electron chi connectivity index (χ0n) is 15.8. The number of phenols is 1. The van der Waals surface area contributed by atoms with Crippen molar-refractivity contribution in [3.8, 4) is 23.3 Å². The van der Waals surface area contributed by atoms with Crippen molar-refractivity contribution >= 4 is 33.6 Å². The number of nitrogens with zero attached hydrogens (tertiary/aromatic N) is 1. The predicted molar refractivity (Wildman–Crippen MR) is 111 cm³/mol. The van der Waals surface area contributed by atoms with E-state index in [2.05, 4.69) is 21.2 Å². The van der Waals surface area contributed by atoms with Gasteiger partial charge in [0.05, 0.1) is 17.7 Å². The van der Waals surface area contributed by atoms with Crippen LogP contribution in [0.15, 0.2) is 46.4 Å². The molecule has 0 radical (unpaired) electrons. The van der Waals surface area contributed by atoms with E-state index in [1.807, 2.05) is 19.9 Å². The number of hydrogen-bond acceptors (Lipinski definition) is 5. The summed E-state index contributed by atoms with van der Waals surface area (Å²) in [7, 11) is 1.53. The molecule has 0 unspecified atom stereocenters. The van der Waals surface area contributed by atoms with E-state index in [9.17, 15) is 15.2 Å². The standard InChI is InChI=1S/C21H21BrN2O4/c1-4-13(2)28-20-18(22)10-14(11-19(20)27-3)9-15(12-23)21(26)24-16-5-7-17(25)8-6-16/h5-11,13,25H,4H2,1-3H3,(H,24,26)/b15-9-/t13-/m0/s1. The van der Waals surface area contributed by atoms with Crippen LogP contribution in [0.1, 0.15) is 25.8 Å². The van der Waals surface area contributed by atoms with Gasteiger partial charge < -0.3 is 19.9 Å². The van der Waals surface area contributed by atoms with E-state index < -0.39 is 5.91 Å². The number of carbonyl (C=O) groups is 1. The number of halogens is 1. The van der Waals surface area contributed by atoms with Gasteiger partial charge in [-0.15, -0.1) is 0 Å². The molecule has 2 aromatic rings. The highest BCUT2D eigenvalue weighted by Gasteiger charge is 2.15. The van der Waals surface area contributed by atoms with Crippen molar-refractivity contribution in [1.82, 2.24) is 0 Å². The summed E-state index contributed by atoms with van der Waals surface area (Å²) in [4.78, 5) is 12.4. The summed E-state index contributed by atoms with van der Waals surface area (Å²) in [5.41, 5.74) is 1.01. The van der Waals surface area contributed by atoms with Crippen LogP contribution in [0.25, 0.3) is 6.08 Å². The Morgan fingerprint density at radius 1 is 1.36 bits per heavy atom. The van der Waals surface area contributed by atoms with Crippen molar-refractivity contribution in [2.75, 3.05) is 12.4 Å². The number of anilines is 1. The van der Waals surface area contributed by atoms with Crippen LogP contribution in [-0.2, 0) is 4.79 Å². The second kappa shape index (κ2) is 9.81. The number of methoxy groups -OCH3 is 1. The van der Waals surface area contributed by atoms with Crippen LogP contribution >= 0.6 is 15.9 Å². The molecular formula is C21H21BrN2O4. The molecule has 0 spiro atoms. The molecule has 2 rings (SSSR count). The first kappa shape index (κ1) is 21.3. The fourth-order valence-corrected chi connectivity index (χ4v) is 2.83. The Bertz CT molecular complexity index is 917. The Morgan fingerprint density at radius 2 is 2.04 bits per heavy atom. The molecule has 0 fully saturated rings. The van der Waals surface area contributed by atoms with Gasteiger partial charge in [0.25, 0.3) is 5.91 Å². The molecule has 0 aliphatic rings. The largest absolute Gasteiger partial charge is 0.508 e. The molecule has 2 aromatic carbocycles. The third-order valence-corrected chi connectivity index (χ3v) is 4.54. The number of phenolic OH excluding ortho intramolecular Hbond substituents is 1. The fraction of sp³-hybridized carbons (Fsp3) is 0.238. The van der Waals surface area contributed by atoms with Gasteiger partial charge in [0.15, 0.2) is 11.5 Å². The number of nitrogens with one attached hydrogen (secondary N) is 1. The van der Waals surface area contributed by atoms with Gasteiger partial charge in [-0.2, -0.15) is 5.26 Å². The maximum absolute atomic E-state index is 12.4. The highest BCUT2D eigenvalue weighted by Crippen LogP contribution is 2.38. The number of nitriles is 1. The smallest absolute Gasteiger partial charge is 0.266 e. The van der Waals surface area contributed by atoms with Gasteiger partial charge >= 0.3 is 0 Å². The normalized spacial score (nSPS) is 12.0. The molecule has 0 aromatic heterocycles. The van der Waals surface area contributed by atoms with E-state index in [4.69, 9.17) is 9.47 Å². The van der Waals surface area contributed by atoms with Crippen LogP contribution in [0.3, 0.4) is 0 Å². The van der Waals surface area contributed by atoms with Gasteiger partial charge in [-0.25, -0.2) is 0 Å². The first-order chi connectivity index (χ1) is 13.4. The van der Waals surface area contributed by atoms with E-state index in [-0.39, 0.29) is 17.4 Å². The number of rotatable bonds is 7. The van der Waals surface area contributed by atoms with Crippen LogP contribution in [0.2, 0.25) is 0 Å². The second-order valence-corrected chi connectivity index (χ2v) is 6.90. The van der Waals surface area contributed by atoms with Crippen LogP contribution in [0.5, 0.6) is 17.2 Å².